The van der Waals surface area contributed by atoms with E-state index in [-0.39, 0.29) is 24.1 Å². The third-order valence-electron chi connectivity index (χ3n) is 4.29. The average Bonchev–Trinajstić information content (AvgIpc) is 2.71. The van der Waals surface area contributed by atoms with Crippen molar-refractivity contribution < 1.29 is 9.59 Å². The van der Waals surface area contributed by atoms with Crippen molar-refractivity contribution in [1.82, 2.24) is 10.2 Å². The van der Waals surface area contributed by atoms with Crippen LogP contribution in [0, 0.1) is 5.92 Å². The number of halogens is 2. The van der Waals surface area contributed by atoms with Crippen molar-refractivity contribution in [2.24, 2.45) is 5.92 Å². The summed E-state index contributed by atoms with van der Waals surface area (Å²) in [5, 5.41) is 3.79. The van der Waals surface area contributed by atoms with E-state index in [4.69, 9.17) is 23.2 Å². The molecule has 0 aliphatic rings. The molecular weight excluding hydrogens is 427 g/mol. The molecule has 4 nitrogen and oxygen atoms in total. The zero-order chi connectivity index (χ0) is 21.4. The van der Waals surface area contributed by atoms with Gasteiger partial charge >= 0.3 is 0 Å². The fourth-order valence-electron chi connectivity index (χ4n) is 2.61. The maximum absolute atomic E-state index is 13.0. The summed E-state index contributed by atoms with van der Waals surface area (Å²) < 4.78 is 0. The van der Waals surface area contributed by atoms with Crippen LogP contribution in [0.25, 0.3) is 0 Å². The van der Waals surface area contributed by atoms with Crippen molar-refractivity contribution in [3.63, 3.8) is 0 Å². The van der Waals surface area contributed by atoms with Crippen LogP contribution in [-0.4, -0.2) is 35.1 Å². The Balaban J connectivity index is 2.15. The summed E-state index contributed by atoms with van der Waals surface area (Å²) in [6, 6.07) is 14.4. The van der Waals surface area contributed by atoms with E-state index < -0.39 is 6.04 Å². The van der Waals surface area contributed by atoms with E-state index in [9.17, 15) is 9.59 Å². The molecule has 156 valence electrons. The van der Waals surface area contributed by atoms with Crippen molar-refractivity contribution in [1.29, 1.82) is 0 Å². The number of rotatable bonds is 9. The van der Waals surface area contributed by atoms with Crippen molar-refractivity contribution in [3.05, 3.63) is 64.1 Å². The summed E-state index contributed by atoms with van der Waals surface area (Å²) in [7, 11) is 0. The summed E-state index contributed by atoms with van der Waals surface area (Å²) in [6.07, 6.45) is 0. The predicted molar refractivity (Wildman–Crippen MR) is 121 cm³/mol. The zero-order valence-corrected chi connectivity index (χ0v) is 19.2. The Morgan fingerprint density at radius 1 is 1.03 bits per heavy atom. The minimum absolute atomic E-state index is 0.114. The maximum atomic E-state index is 13.0. The summed E-state index contributed by atoms with van der Waals surface area (Å²) >= 11 is 13.6. The molecule has 0 spiro atoms. The molecule has 29 heavy (non-hydrogen) atoms. The van der Waals surface area contributed by atoms with Crippen LogP contribution in [0.5, 0.6) is 0 Å². The lowest BCUT2D eigenvalue weighted by molar-refractivity contribution is -0.138. The first kappa shape index (κ1) is 23.6. The number of benzene rings is 2. The van der Waals surface area contributed by atoms with Crippen molar-refractivity contribution in [2.45, 2.75) is 38.3 Å². The third-order valence-corrected chi connectivity index (χ3v) is 6.03. The van der Waals surface area contributed by atoms with Gasteiger partial charge in [0.2, 0.25) is 11.8 Å². The number of carbonyl (C=O) groups is 2. The first-order valence-electron chi connectivity index (χ1n) is 9.47. The molecule has 0 saturated carbocycles. The Morgan fingerprint density at radius 3 is 2.34 bits per heavy atom. The van der Waals surface area contributed by atoms with Gasteiger partial charge in [-0.15, -0.1) is 11.8 Å². The minimum Gasteiger partial charge on any atom is -0.354 e. The molecule has 0 unspecified atom stereocenters. The van der Waals surface area contributed by atoms with Crippen LogP contribution in [0.4, 0.5) is 0 Å². The predicted octanol–water partition coefficient (Wildman–Crippen LogP) is 5.28. The van der Waals surface area contributed by atoms with Crippen molar-refractivity contribution >= 4 is 46.8 Å². The second-order valence-corrected chi connectivity index (χ2v) is 9.05. The van der Waals surface area contributed by atoms with Crippen LogP contribution in [0.1, 0.15) is 26.3 Å². The van der Waals surface area contributed by atoms with Gasteiger partial charge in [0.25, 0.3) is 0 Å². The molecule has 1 atom stereocenters. The fraction of sp³-hybridized carbons (Fsp3) is 0.364. The van der Waals surface area contributed by atoms with Gasteiger partial charge in [0.1, 0.15) is 6.04 Å². The van der Waals surface area contributed by atoms with Gasteiger partial charge < -0.3 is 10.2 Å². The lowest BCUT2D eigenvalue weighted by Gasteiger charge is -2.29. The van der Waals surface area contributed by atoms with E-state index in [1.54, 1.807) is 24.0 Å². The molecule has 0 saturated heterocycles. The second kappa shape index (κ2) is 11.5. The first-order chi connectivity index (χ1) is 13.8. The number of carbonyl (C=O) groups excluding carboxylic acids is 2. The Bertz CT molecular complexity index is 831. The molecule has 0 radical (unpaired) electrons. The van der Waals surface area contributed by atoms with E-state index in [2.05, 4.69) is 5.32 Å². The Hall–Kier alpha value is -1.69. The second-order valence-electron chi connectivity index (χ2n) is 7.19. The molecule has 0 aliphatic heterocycles. The van der Waals surface area contributed by atoms with Gasteiger partial charge in [-0.3, -0.25) is 9.59 Å². The van der Waals surface area contributed by atoms with Gasteiger partial charge in [-0.25, -0.2) is 0 Å². The Morgan fingerprint density at radius 2 is 1.72 bits per heavy atom. The molecule has 2 aromatic carbocycles. The quantitative estimate of drug-likeness (QED) is 0.526. The monoisotopic (exact) mass is 452 g/mol. The van der Waals surface area contributed by atoms with Gasteiger partial charge in [-0.05, 0) is 42.7 Å². The molecule has 0 heterocycles. The molecular formula is C22H26Cl2N2O2S. The van der Waals surface area contributed by atoms with E-state index >= 15 is 0 Å². The average molecular weight is 453 g/mol. The van der Waals surface area contributed by atoms with E-state index in [1.807, 2.05) is 50.2 Å². The van der Waals surface area contributed by atoms with Crippen molar-refractivity contribution in [2.75, 3.05) is 12.3 Å². The summed E-state index contributed by atoms with van der Waals surface area (Å²) in [5.41, 5.74) is 0.820. The highest BCUT2D eigenvalue weighted by molar-refractivity contribution is 8.00. The minimum atomic E-state index is -0.605. The SMILES string of the molecule is CC(C)CNC(=O)[C@H](C)N(Cc1ccc(Cl)c(Cl)c1)C(=O)CSc1ccccc1. The van der Waals surface area contributed by atoms with E-state index in [0.29, 0.717) is 22.5 Å². The molecule has 0 aliphatic carbocycles. The van der Waals surface area contributed by atoms with Crippen LogP contribution in [-0.2, 0) is 16.1 Å². The standard InChI is InChI=1S/C22H26Cl2N2O2S/c1-15(2)12-25-22(28)16(3)26(13-17-9-10-19(23)20(24)11-17)21(27)14-29-18-7-5-4-6-8-18/h4-11,15-16H,12-14H2,1-3H3,(H,25,28)/t16-/m0/s1. The molecule has 2 amide bonds. The fourth-order valence-corrected chi connectivity index (χ4v) is 3.74. The maximum Gasteiger partial charge on any atom is 0.242 e. The zero-order valence-electron chi connectivity index (χ0n) is 16.8. The number of hydrogen-bond acceptors (Lipinski definition) is 3. The molecule has 0 fully saturated rings. The summed E-state index contributed by atoms with van der Waals surface area (Å²) in [4.78, 5) is 28.2. The lowest BCUT2D eigenvalue weighted by atomic mass is 10.1. The first-order valence-corrected chi connectivity index (χ1v) is 11.2. The number of hydrogen-bond donors (Lipinski definition) is 1. The van der Waals surface area contributed by atoms with Gasteiger partial charge in [0.15, 0.2) is 0 Å². The number of nitrogens with one attached hydrogen (secondary N) is 1. The van der Waals surface area contributed by atoms with Gasteiger partial charge in [0.05, 0.1) is 15.8 Å². The topological polar surface area (TPSA) is 49.4 Å². The van der Waals surface area contributed by atoms with E-state index in [1.165, 1.54) is 11.8 Å². The van der Waals surface area contributed by atoms with Gasteiger partial charge in [-0.1, -0.05) is 61.3 Å². The highest BCUT2D eigenvalue weighted by Crippen LogP contribution is 2.24. The van der Waals surface area contributed by atoms with Crippen LogP contribution < -0.4 is 5.32 Å². The largest absolute Gasteiger partial charge is 0.354 e. The molecule has 2 rings (SSSR count). The molecule has 0 aromatic heterocycles. The highest BCUT2D eigenvalue weighted by atomic mass is 35.5. The van der Waals surface area contributed by atoms with Crippen molar-refractivity contribution in [3.8, 4) is 0 Å². The summed E-state index contributed by atoms with van der Waals surface area (Å²) in [6.45, 7) is 6.65. The van der Waals surface area contributed by atoms with Crippen LogP contribution in [0.2, 0.25) is 10.0 Å². The van der Waals surface area contributed by atoms with Gasteiger partial charge in [-0.2, -0.15) is 0 Å². The number of thioether (sulfide) groups is 1. The van der Waals surface area contributed by atoms with Crippen LogP contribution in [0.3, 0.4) is 0 Å². The number of amides is 2. The Kier molecular flexibility index (Phi) is 9.34. The molecule has 7 heteroatoms. The normalized spacial score (nSPS) is 11.9. The highest BCUT2D eigenvalue weighted by Gasteiger charge is 2.26. The number of nitrogens with zero attached hydrogens (tertiary/aromatic N) is 1. The molecule has 1 N–H and O–H groups in total. The molecule has 2 aromatic rings. The smallest absolute Gasteiger partial charge is 0.242 e. The lowest BCUT2D eigenvalue weighted by Crippen LogP contribution is -2.48. The third kappa shape index (κ3) is 7.57. The van der Waals surface area contributed by atoms with E-state index in [0.717, 1.165) is 10.5 Å². The van der Waals surface area contributed by atoms with Gasteiger partial charge in [0, 0.05) is 18.0 Å². The van der Waals surface area contributed by atoms with Crippen LogP contribution >= 0.6 is 35.0 Å². The van der Waals surface area contributed by atoms with Crippen LogP contribution in [0.15, 0.2) is 53.4 Å². The molecule has 0 bridgehead atoms. The summed E-state index contributed by atoms with van der Waals surface area (Å²) in [5.74, 6) is 0.292. The Labute approximate surface area is 187 Å².